The molecule has 0 aromatic heterocycles. The number of rotatable bonds is 4. The molecule has 1 aliphatic carbocycles. The van der Waals surface area contributed by atoms with E-state index in [1.165, 1.54) is 0 Å². The molecule has 0 saturated heterocycles. The topological polar surface area (TPSA) is 80.7 Å². The molecule has 1 saturated carbocycles. The molecule has 1 aromatic rings. The van der Waals surface area contributed by atoms with Gasteiger partial charge in [0.25, 0.3) is 0 Å². The summed E-state index contributed by atoms with van der Waals surface area (Å²) >= 11 is 2.00. The van der Waals surface area contributed by atoms with E-state index in [-0.39, 0.29) is 36.6 Å². The lowest BCUT2D eigenvalue weighted by Gasteiger charge is -2.09. The quantitative estimate of drug-likeness (QED) is 0.483. The van der Waals surface area contributed by atoms with Gasteiger partial charge in [-0.05, 0) is 46.7 Å². The van der Waals surface area contributed by atoms with E-state index in [0.29, 0.717) is 9.99 Å². The van der Waals surface area contributed by atoms with Crippen LogP contribution in [0.3, 0.4) is 0 Å². The van der Waals surface area contributed by atoms with Crippen molar-refractivity contribution in [1.82, 2.24) is 0 Å². The monoisotopic (exact) mass is 388 g/mol. The van der Waals surface area contributed by atoms with Crippen LogP contribution in [0, 0.1) is 3.57 Å². The minimum absolute atomic E-state index is 0.0952. The molecule has 5 nitrogen and oxygen atoms in total. The third-order valence-corrected chi connectivity index (χ3v) is 3.95. The van der Waals surface area contributed by atoms with Crippen molar-refractivity contribution in [3.05, 3.63) is 27.3 Å². The Kier molecular flexibility index (Phi) is 4.74. The summed E-state index contributed by atoms with van der Waals surface area (Å²) in [6.45, 7) is 0. The van der Waals surface area contributed by atoms with E-state index < -0.39 is 12.1 Å². The summed E-state index contributed by atoms with van der Waals surface area (Å²) in [5.41, 5.74) is 0.883. The van der Waals surface area contributed by atoms with Crippen LogP contribution in [0.25, 0.3) is 0 Å². The average molecular weight is 388 g/mol. The number of carbonyl (C=O) groups excluding carboxylic acids is 3. The molecular formula is C14H13IO5. The minimum atomic E-state index is -1.19. The van der Waals surface area contributed by atoms with E-state index in [2.05, 4.69) is 0 Å². The number of halogens is 1. The Hall–Kier alpha value is -1.44. The first kappa shape index (κ1) is 15.0. The van der Waals surface area contributed by atoms with E-state index in [9.17, 15) is 19.5 Å². The number of ketones is 2. The highest BCUT2D eigenvalue weighted by Crippen LogP contribution is 2.21. The minimum Gasteiger partial charge on any atom is -0.507 e. The maximum Gasteiger partial charge on any atom is 0.307 e. The molecule has 0 radical (unpaired) electrons. The third kappa shape index (κ3) is 3.56. The summed E-state index contributed by atoms with van der Waals surface area (Å²) in [6.07, 6.45) is -0.343. The number of hydrogen-bond donors (Lipinski definition) is 1. The zero-order valence-electron chi connectivity index (χ0n) is 10.6. The highest BCUT2D eigenvalue weighted by molar-refractivity contribution is 14.1. The van der Waals surface area contributed by atoms with Crippen LogP contribution in [-0.4, -0.2) is 28.7 Å². The second-order valence-electron chi connectivity index (χ2n) is 4.59. The van der Waals surface area contributed by atoms with Crippen molar-refractivity contribution in [1.29, 1.82) is 0 Å². The Balaban J connectivity index is 1.87. The Morgan fingerprint density at radius 2 is 1.95 bits per heavy atom. The van der Waals surface area contributed by atoms with Gasteiger partial charge in [0.05, 0.1) is 3.57 Å². The van der Waals surface area contributed by atoms with Gasteiger partial charge in [0, 0.05) is 19.3 Å². The number of Topliss-reactive ketones (excluding diaryl/α,β-unsaturated/α-hetero) is 2. The molecule has 0 heterocycles. The number of hydrogen-bond acceptors (Lipinski definition) is 5. The molecule has 2 rings (SSSR count). The van der Waals surface area contributed by atoms with Gasteiger partial charge in [-0.15, -0.1) is 0 Å². The van der Waals surface area contributed by atoms with Gasteiger partial charge in [-0.25, -0.2) is 0 Å². The van der Waals surface area contributed by atoms with Crippen molar-refractivity contribution in [2.75, 3.05) is 0 Å². The van der Waals surface area contributed by atoms with Gasteiger partial charge < -0.3 is 9.84 Å². The normalized spacial score (nSPS) is 15.7. The smallest absolute Gasteiger partial charge is 0.307 e. The number of phenols is 1. The van der Waals surface area contributed by atoms with Gasteiger partial charge in [0.15, 0.2) is 11.6 Å². The van der Waals surface area contributed by atoms with Crippen LogP contribution in [0.15, 0.2) is 18.2 Å². The number of ether oxygens (including phenoxy) is 1. The number of aromatic hydroxyl groups is 1. The first-order chi connectivity index (χ1) is 9.47. The lowest BCUT2D eigenvalue weighted by atomic mass is 10.1. The first-order valence-corrected chi connectivity index (χ1v) is 7.27. The van der Waals surface area contributed by atoms with Gasteiger partial charge >= 0.3 is 5.97 Å². The SMILES string of the molecule is O=C(CCc1ccc(O)c(I)c1)OC1C(=O)CCC1=O. The highest BCUT2D eigenvalue weighted by atomic mass is 127. The summed E-state index contributed by atoms with van der Waals surface area (Å²) in [4.78, 5) is 34.3. The molecule has 1 aromatic carbocycles. The zero-order valence-corrected chi connectivity index (χ0v) is 12.8. The molecule has 106 valence electrons. The Morgan fingerprint density at radius 1 is 1.30 bits per heavy atom. The summed E-state index contributed by atoms with van der Waals surface area (Å²) < 4.78 is 5.63. The Labute approximate surface area is 129 Å². The maximum absolute atomic E-state index is 11.6. The fourth-order valence-electron chi connectivity index (χ4n) is 1.96. The van der Waals surface area contributed by atoms with Crippen molar-refractivity contribution in [2.45, 2.75) is 31.8 Å². The van der Waals surface area contributed by atoms with E-state index >= 15 is 0 Å². The van der Waals surface area contributed by atoms with Crippen LogP contribution in [0.2, 0.25) is 0 Å². The van der Waals surface area contributed by atoms with Crippen molar-refractivity contribution in [3.63, 3.8) is 0 Å². The zero-order chi connectivity index (χ0) is 14.7. The number of esters is 1. The van der Waals surface area contributed by atoms with Crippen LogP contribution in [0.4, 0.5) is 0 Å². The molecule has 1 aliphatic rings. The molecule has 0 amide bonds. The molecule has 0 spiro atoms. The van der Waals surface area contributed by atoms with Gasteiger partial charge in [0.2, 0.25) is 6.10 Å². The van der Waals surface area contributed by atoms with Gasteiger partial charge in [-0.2, -0.15) is 0 Å². The fraction of sp³-hybridized carbons (Fsp3) is 0.357. The first-order valence-electron chi connectivity index (χ1n) is 6.19. The predicted molar refractivity (Wildman–Crippen MR) is 78.3 cm³/mol. The Morgan fingerprint density at radius 3 is 2.55 bits per heavy atom. The van der Waals surface area contributed by atoms with Gasteiger partial charge in [-0.3, -0.25) is 14.4 Å². The molecule has 20 heavy (non-hydrogen) atoms. The summed E-state index contributed by atoms with van der Waals surface area (Å²) in [5, 5.41) is 9.40. The van der Waals surface area contributed by atoms with E-state index in [4.69, 9.17) is 4.74 Å². The number of benzene rings is 1. The number of carbonyl (C=O) groups is 3. The van der Waals surface area contributed by atoms with Gasteiger partial charge in [0.1, 0.15) is 5.75 Å². The predicted octanol–water partition coefficient (Wildman–Crippen LogP) is 1.77. The lowest BCUT2D eigenvalue weighted by molar-refractivity contribution is -0.157. The van der Waals surface area contributed by atoms with Crippen molar-refractivity contribution in [2.24, 2.45) is 0 Å². The largest absolute Gasteiger partial charge is 0.507 e. The fourth-order valence-corrected chi connectivity index (χ4v) is 2.54. The number of phenolic OH excluding ortho intramolecular Hbond substituents is 1. The molecule has 0 atom stereocenters. The molecule has 1 N–H and O–H groups in total. The summed E-state index contributed by atoms with van der Waals surface area (Å²) in [5.74, 6) is -0.995. The van der Waals surface area contributed by atoms with Gasteiger partial charge in [-0.1, -0.05) is 6.07 Å². The average Bonchev–Trinajstić information content (AvgIpc) is 2.72. The summed E-state index contributed by atoms with van der Waals surface area (Å²) in [6, 6.07) is 5.05. The van der Waals surface area contributed by atoms with Crippen LogP contribution < -0.4 is 0 Å². The second-order valence-corrected chi connectivity index (χ2v) is 5.75. The maximum atomic E-state index is 11.6. The standard InChI is InChI=1S/C14H13IO5/c15-9-7-8(1-3-10(9)16)2-6-13(19)20-14-11(17)4-5-12(14)18/h1,3,7,14,16H,2,4-6H2. The molecule has 0 aliphatic heterocycles. The van der Waals surface area contributed by atoms with Crippen molar-refractivity contribution in [3.8, 4) is 5.75 Å². The van der Waals surface area contributed by atoms with Crippen LogP contribution in [0.1, 0.15) is 24.8 Å². The molecule has 0 bridgehead atoms. The van der Waals surface area contributed by atoms with Crippen LogP contribution >= 0.6 is 22.6 Å². The van der Waals surface area contributed by atoms with E-state index in [1.807, 2.05) is 22.6 Å². The number of aryl methyl sites for hydroxylation is 1. The van der Waals surface area contributed by atoms with Crippen molar-refractivity contribution < 1.29 is 24.2 Å². The van der Waals surface area contributed by atoms with E-state index in [0.717, 1.165) is 5.56 Å². The summed E-state index contributed by atoms with van der Waals surface area (Å²) in [7, 11) is 0. The molecule has 0 unspecified atom stereocenters. The van der Waals surface area contributed by atoms with Crippen molar-refractivity contribution >= 4 is 40.1 Å². The van der Waals surface area contributed by atoms with E-state index in [1.54, 1.807) is 18.2 Å². The molecule has 6 heteroatoms. The highest BCUT2D eigenvalue weighted by Gasteiger charge is 2.35. The van der Waals surface area contributed by atoms with Crippen LogP contribution in [-0.2, 0) is 25.5 Å². The third-order valence-electron chi connectivity index (χ3n) is 3.08. The Bertz CT molecular complexity index is 551. The second kappa shape index (κ2) is 6.34. The van der Waals surface area contributed by atoms with Crippen LogP contribution in [0.5, 0.6) is 5.75 Å². The lowest BCUT2D eigenvalue weighted by Crippen LogP contribution is -2.28. The molecular weight excluding hydrogens is 375 g/mol. The molecule has 1 fully saturated rings.